The third kappa shape index (κ3) is 7.35. The fraction of sp³-hybridized carbons (Fsp3) is 0.630. The number of nitrogens with one attached hydrogen (secondary N) is 3. The molecule has 7 nitrogen and oxygen atoms in total. The lowest BCUT2D eigenvalue weighted by atomic mass is 9.82. The van der Waals surface area contributed by atoms with Gasteiger partial charge in [-0.15, -0.1) is 0 Å². The molecule has 0 amide bonds. The van der Waals surface area contributed by atoms with Gasteiger partial charge >= 0.3 is 0 Å². The van der Waals surface area contributed by atoms with Crippen LogP contribution in [0.15, 0.2) is 30.7 Å². The zero-order valence-electron chi connectivity index (χ0n) is 21.3. The molecule has 1 aliphatic carbocycles. The standard InChI is InChI=1S/C27H40FN5O2/c1-19(17-34-3)32-21-4-6-22(7-5-21)33-26-13-24(25(28)16-30-26)20-12-23(15-29-14-20)31-18-27(2)8-10-35-11-9-27/h12-16,19,21-22,31-32H,4-11,17-18H2,1-3H3,(H,30,33)/t19-,21-,22-/m1/s1. The van der Waals surface area contributed by atoms with Crippen LogP contribution in [0, 0.1) is 11.2 Å². The monoisotopic (exact) mass is 485 g/mol. The molecule has 2 aliphatic rings. The largest absolute Gasteiger partial charge is 0.383 e. The first kappa shape index (κ1) is 25.8. The van der Waals surface area contributed by atoms with E-state index in [0.717, 1.165) is 76.1 Å². The quantitative estimate of drug-likeness (QED) is 0.443. The number of anilines is 2. The number of ether oxygens (including phenoxy) is 2. The third-order valence-corrected chi connectivity index (χ3v) is 7.34. The van der Waals surface area contributed by atoms with Crippen molar-refractivity contribution in [3.8, 4) is 11.1 Å². The minimum absolute atomic E-state index is 0.198. The summed E-state index contributed by atoms with van der Waals surface area (Å²) in [6.07, 6.45) is 11.2. The minimum Gasteiger partial charge on any atom is -0.383 e. The number of methoxy groups -OCH3 is 1. The van der Waals surface area contributed by atoms with Gasteiger partial charge < -0.3 is 25.4 Å². The first-order chi connectivity index (χ1) is 16.9. The number of hydrogen-bond acceptors (Lipinski definition) is 7. The first-order valence-electron chi connectivity index (χ1n) is 12.9. The van der Waals surface area contributed by atoms with E-state index in [1.165, 1.54) is 6.20 Å². The van der Waals surface area contributed by atoms with Crippen molar-refractivity contribution in [2.45, 2.75) is 70.5 Å². The molecule has 0 spiro atoms. The summed E-state index contributed by atoms with van der Waals surface area (Å²) in [6, 6.07) is 4.98. The molecule has 1 saturated carbocycles. The molecule has 4 rings (SSSR count). The Morgan fingerprint density at radius 3 is 2.60 bits per heavy atom. The Morgan fingerprint density at radius 1 is 1.11 bits per heavy atom. The Hall–Kier alpha value is -2.29. The summed E-state index contributed by atoms with van der Waals surface area (Å²) in [5.74, 6) is 0.365. The van der Waals surface area contributed by atoms with E-state index in [1.807, 2.05) is 6.07 Å². The van der Waals surface area contributed by atoms with Gasteiger partial charge in [0.15, 0.2) is 0 Å². The average Bonchev–Trinajstić information content (AvgIpc) is 2.86. The number of rotatable bonds is 10. The molecule has 1 saturated heterocycles. The van der Waals surface area contributed by atoms with Gasteiger partial charge in [0.2, 0.25) is 0 Å². The van der Waals surface area contributed by atoms with Crippen LogP contribution in [0.1, 0.15) is 52.4 Å². The maximum Gasteiger partial charge on any atom is 0.149 e. The van der Waals surface area contributed by atoms with Gasteiger partial charge in [-0.05, 0) is 63.0 Å². The molecule has 35 heavy (non-hydrogen) atoms. The lowest BCUT2D eigenvalue weighted by Crippen LogP contribution is -2.42. The maximum atomic E-state index is 14.8. The third-order valence-electron chi connectivity index (χ3n) is 7.34. The lowest BCUT2D eigenvalue weighted by molar-refractivity contribution is 0.0300. The summed E-state index contributed by atoms with van der Waals surface area (Å²) in [5, 5.41) is 10.7. The molecule has 2 aromatic rings. The summed E-state index contributed by atoms with van der Waals surface area (Å²) in [5.41, 5.74) is 2.35. The van der Waals surface area contributed by atoms with Crippen LogP contribution >= 0.6 is 0 Å². The van der Waals surface area contributed by atoms with E-state index >= 15 is 0 Å². The number of halogens is 1. The van der Waals surface area contributed by atoms with Crippen LogP contribution in [-0.4, -0.2) is 61.6 Å². The second-order valence-electron chi connectivity index (χ2n) is 10.5. The number of nitrogens with zero attached hydrogens (tertiary/aromatic N) is 2. The van der Waals surface area contributed by atoms with Crippen molar-refractivity contribution in [2.75, 3.05) is 44.1 Å². The van der Waals surface area contributed by atoms with Gasteiger partial charge in [0, 0.05) is 68.5 Å². The molecular weight excluding hydrogens is 445 g/mol. The molecule has 2 fully saturated rings. The average molecular weight is 486 g/mol. The van der Waals surface area contributed by atoms with E-state index in [2.05, 4.69) is 39.8 Å². The van der Waals surface area contributed by atoms with Crippen molar-refractivity contribution in [2.24, 2.45) is 5.41 Å². The second-order valence-corrected chi connectivity index (χ2v) is 10.5. The highest BCUT2D eigenvalue weighted by Crippen LogP contribution is 2.31. The smallest absolute Gasteiger partial charge is 0.149 e. The van der Waals surface area contributed by atoms with Gasteiger partial charge in [0.25, 0.3) is 0 Å². The van der Waals surface area contributed by atoms with Crippen LogP contribution in [0.5, 0.6) is 0 Å². The maximum absolute atomic E-state index is 14.8. The Balaban J connectivity index is 1.36. The van der Waals surface area contributed by atoms with Crippen molar-refractivity contribution in [3.63, 3.8) is 0 Å². The Labute approximate surface area is 208 Å². The predicted molar refractivity (Wildman–Crippen MR) is 138 cm³/mol. The fourth-order valence-electron chi connectivity index (χ4n) is 5.09. The lowest BCUT2D eigenvalue weighted by Gasteiger charge is -2.33. The molecule has 0 unspecified atom stereocenters. The number of hydrogen-bond donors (Lipinski definition) is 3. The molecule has 0 radical (unpaired) electrons. The molecule has 1 atom stereocenters. The van der Waals surface area contributed by atoms with Crippen molar-refractivity contribution < 1.29 is 13.9 Å². The van der Waals surface area contributed by atoms with Crippen molar-refractivity contribution in [1.82, 2.24) is 15.3 Å². The van der Waals surface area contributed by atoms with Gasteiger partial charge in [0.05, 0.1) is 18.5 Å². The molecule has 8 heteroatoms. The summed E-state index contributed by atoms with van der Waals surface area (Å²) >= 11 is 0. The van der Waals surface area contributed by atoms with E-state index < -0.39 is 0 Å². The van der Waals surface area contributed by atoms with Crippen molar-refractivity contribution in [1.29, 1.82) is 0 Å². The predicted octanol–water partition coefficient (Wildman–Crippen LogP) is 4.86. The number of pyridine rings is 2. The molecule has 0 bridgehead atoms. The molecule has 3 heterocycles. The van der Waals surface area contributed by atoms with E-state index in [9.17, 15) is 4.39 Å². The van der Waals surface area contributed by atoms with Gasteiger partial charge in [-0.1, -0.05) is 6.92 Å². The minimum atomic E-state index is -0.342. The highest BCUT2D eigenvalue weighted by molar-refractivity contribution is 5.69. The SMILES string of the molecule is COC[C@@H](C)N[C@H]1CC[C@H](Nc2cc(-c3cncc(NCC4(C)CCOCC4)c3)c(F)cn2)CC1. The fourth-order valence-corrected chi connectivity index (χ4v) is 5.09. The van der Waals surface area contributed by atoms with Crippen molar-refractivity contribution in [3.05, 3.63) is 36.5 Å². The van der Waals surface area contributed by atoms with Gasteiger partial charge in [-0.2, -0.15) is 0 Å². The summed E-state index contributed by atoms with van der Waals surface area (Å²) in [7, 11) is 1.74. The van der Waals surface area contributed by atoms with E-state index in [0.29, 0.717) is 29.5 Å². The topological polar surface area (TPSA) is 80.3 Å². The Bertz CT molecular complexity index is 945. The van der Waals surface area contributed by atoms with Crippen LogP contribution in [0.25, 0.3) is 11.1 Å². The normalized spacial score (nSPS) is 23.0. The van der Waals surface area contributed by atoms with Gasteiger partial charge in [-0.25, -0.2) is 9.37 Å². The van der Waals surface area contributed by atoms with E-state index in [-0.39, 0.29) is 11.2 Å². The zero-order valence-corrected chi connectivity index (χ0v) is 21.3. The Kier molecular flexibility index (Phi) is 8.92. The number of aromatic nitrogens is 2. The van der Waals surface area contributed by atoms with Crippen LogP contribution in [0.4, 0.5) is 15.9 Å². The van der Waals surface area contributed by atoms with Crippen LogP contribution in [0.2, 0.25) is 0 Å². The molecule has 1 aliphatic heterocycles. The molecule has 3 N–H and O–H groups in total. The van der Waals surface area contributed by atoms with E-state index in [4.69, 9.17) is 9.47 Å². The first-order valence-corrected chi connectivity index (χ1v) is 12.9. The summed E-state index contributed by atoms with van der Waals surface area (Å²) in [4.78, 5) is 8.68. The zero-order chi connectivity index (χ0) is 24.7. The Morgan fingerprint density at radius 2 is 1.86 bits per heavy atom. The van der Waals surface area contributed by atoms with Gasteiger partial charge in [-0.3, -0.25) is 4.98 Å². The van der Waals surface area contributed by atoms with E-state index in [1.54, 1.807) is 25.6 Å². The summed E-state index contributed by atoms with van der Waals surface area (Å²) in [6.45, 7) is 7.61. The highest BCUT2D eigenvalue weighted by atomic mass is 19.1. The summed E-state index contributed by atoms with van der Waals surface area (Å²) < 4.78 is 25.5. The molecule has 2 aromatic heterocycles. The molecule has 192 valence electrons. The van der Waals surface area contributed by atoms with Crippen molar-refractivity contribution >= 4 is 11.5 Å². The highest BCUT2D eigenvalue weighted by Gasteiger charge is 2.27. The molecular formula is C27H40FN5O2. The van der Waals surface area contributed by atoms with Crippen LogP contribution < -0.4 is 16.0 Å². The van der Waals surface area contributed by atoms with Crippen LogP contribution in [0.3, 0.4) is 0 Å². The van der Waals surface area contributed by atoms with Crippen LogP contribution in [-0.2, 0) is 9.47 Å². The van der Waals surface area contributed by atoms with Gasteiger partial charge in [0.1, 0.15) is 11.6 Å². The second kappa shape index (κ2) is 12.1. The molecule has 0 aromatic carbocycles.